The monoisotopic (exact) mass is 396 g/mol. The molecule has 2 N–H and O–H groups in total. The van der Waals surface area contributed by atoms with Crippen molar-refractivity contribution in [1.82, 2.24) is 20.4 Å². The largest absolute Gasteiger partial charge is 0.350 e. The summed E-state index contributed by atoms with van der Waals surface area (Å²) in [6.45, 7) is 3.85. The van der Waals surface area contributed by atoms with Gasteiger partial charge in [-0.25, -0.2) is 4.68 Å². The SMILES string of the molecule is Cc1c(C(=O)NC(C)C(=O)NCc2ccccc2)cnn1-c1cccc(Cl)c1. The van der Waals surface area contributed by atoms with Gasteiger partial charge in [-0.1, -0.05) is 48.0 Å². The van der Waals surface area contributed by atoms with Gasteiger partial charge < -0.3 is 10.6 Å². The summed E-state index contributed by atoms with van der Waals surface area (Å²) in [5, 5.41) is 10.4. The first-order valence-electron chi connectivity index (χ1n) is 8.89. The fraction of sp³-hybridized carbons (Fsp3) is 0.190. The minimum Gasteiger partial charge on any atom is -0.350 e. The van der Waals surface area contributed by atoms with E-state index in [0.29, 0.717) is 22.8 Å². The Labute approximate surface area is 168 Å². The summed E-state index contributed by atoms with van der Waals surface area (Å²) in [6.07, 6.45) is 1.49. The smallest absolute Gasteiger partial charge is 0.255 e. The van der Waals surface area contributed by atoms with Crippen LogP contribution in [0, 0.1) is 6.92 Å². The molecule has 0 radical (unpaired) electrons. The van der Waals surface area contributed by atoms with Crippen LogP contribution in [0.4, 0.5) is 0 Å². The predicted molar refractivity (Wildman–Crippen MR) is 109 cm³/mol. The molecule has 3 aromatic rings. The molecule has 0 bridgehead atoms. The molecule has 144 valence electrons. The molecule has 1 atom stereocenters. The van der Waals surface area contributed by atoms with Crippen LogP contribution >= 0.6 is 11.6 Å². The number of hydrogen-bond donors (Lipinski definition) is 2. The third-order valence-electron chi connectivity index (χ3n) is 4.36. The predicted octanol–water partition coefficient (Wildman–Crippen LogP) is 3.27. The fourth-order valence-corrected chi connectivity index (χ4v) is 2.96. The Bertz CT molecular complexity index is 985. The lowest BCUT2D eigenvalue weighted by Gasteiger charge is -2.14. The van der Waals surface area contributed by atoms with Gasteiger partial charge in [0.25, 0.3) is 5.91 Å². The van der Waals surface area contributed by atoms with Crippen molar-refractivity contribution in [3.8, 4) is 5.69 Å². The molecule has 0 saturated carbocycles. The van der Waals surface area contributed by atoms with E-state index in [4.69, 9.17) is 11.6 Å². The van der Waals surface area contributed by atoms with Crippen LogP contribution in [0.3, 0.4) is 0 Å². The number of halogens is 1. The zero-order chi connectivity index (χ0) is 20.1. The zero-order valence-corrected chi connectivity index (χ0v) is 16.4. The quantitative estimate of drug-likeness (QED) is 0.671. The second-order valence-corrected chi connectivity index (χ2v) is 6.87. The van der Waals surface area contributed by atoms with Crippen molar-refractivity contribution >= 4 is 23.4 Å². The normalized spacial score (nSPS) is 11.7. The second kappa shape index (κ2) is 8.71. The molecule has 3 rings (SSSR count). The lowest BCUT2D eigenvalue weighted by atomic mass is 10.2. The van der Waals surface area contributed by atoms with E-state index >= 15 is 0 Å². The van der Waals surface area contributed by atoms with Crippen LogP contribution in [0.5, 0.6) is 0 Å². The van der Waals surface area contributed by atoms with Crippen molar-refractivity contribution in [1.29, 1.82) is 0 Å². The van der Waals surface area contributed by atoms with Gasteiger partial charge >= 0.3 is 0 Å². The van der Waals surface area contributed by atoms with E-state index in [1.54, 1.807) is 30.7 Å². The number of carbonyl (C=O) groups excluding carboxylic acids is 2. The Morgan fingerprint density at radius 3 is 2.61 bits per heavy atom. The number of nitrogens with one attached hydrogen (secondary N) is 2. The molecule has 0 fully saturated rings. The average molecular weight is 397 g/mol. The van der Waals surface area contributed by atoms with Gasteiger partial charge in [-0.3, -0.25) is 9.59 Å². The molecular formula is C21H21ClN4O2. The van der Waals surface area contributed by atoms with Crippen LogP contribution < -0.4 is 10.6 Å². The molecule has 28 heavy (non-hydrogen) atoms. The number of aromatic nitrogens is 2. The second-order valence-electron chi connectivity index (χ2n) is 6.43. The number of carbonyl (C=O) groups is 2. The molecule has 1 heterocycles. The highest BCUT2D eigenvalue weighted by atomic mass is 35.5. The summed E-state index contributed by atoms with van der Waals surface area (Å²) >= 11 is 6.03. The molecule has 0 saturated heterocycles. The van der Waals surface area contributed by atoms with E-state index in [9.17, 15) is 9.59 Å². The van der Waals surface area contributed by atoms with Crippen molar-refractivity contribution in [2.45, 2.75) is 26.4 Å². The highest BCUT2D eigenvalue weighted by molar-refractivity contribution is 6.30. The highest BCUT2D eigenvalue weighted by Gasteiger charge is 2.20. The van der Waals surface area contributed by atoms with Crippen molar-refractivity contribution in [3.05, 3.63) is 82.6 Å². The van der Waals surface area contributed by atoms with Crippen LogP contribution in [0.1, 0.15) is 28.5 Å². The molecule has 7 heteroatoms. The number of hydrogen-bond acceptors (Lipinski definition) is 3. The van der Waals surface area contributed by atoms with Crippen molar-refractivity contribution in [2.24, 2.45) is 0 Å². The summed E-state index contributed by atoms with van der Waals surface area (Å²) in [4.78, 5) is 24.9. The Morgan fingerprint density at radius 1 is 1.14 bits per heavy atom. The van der Waals surface area contributed by atoms with Crippen LogP contribution in [-0.4, -0.2) is 27.6 Å². The molecule has 0 spiro atoms. The fourth-order valence-electron chi connectivity index (χ4n) is 2.78. The van der Waals surface area contributed by atoms with Crippen LogP contribution in [0.2, 0.25) is 5.02 Å². The minimum absolute atomic E-state index is 0.253. The molecule has 0 aliphatic carbocycles. The molecule has 2 aromatic carbocycles. The maximum Gasteiger partial charge on any atom is 0.255 e. The van der Waals surface area contributed by atoms with Gasteiger partial charge in [0.15, 0.2) is 0 Å². The average Bonchev–Trinajstić information content (AvgIpc) is 3.08. The summed E-state index contributed by atoms with van der Waals surface area (Å²) in [5.41, 5.74) is 2.82. The molecule has 2 amide bonds. The summed E-state index contributed by atoms with van der Waals surface area (Å²) in [6, 6.07) is 16.1. The van der Waals surface area contributed by atoms with Crippen molar-refractivity contribution < 1.29 is 9.59 Å². The Morgan fingerprint density at radius 2 is 1.89 bits per heavy atom. The van der Waals surface area contributed by atoms with Crippen LogP contribution in [0.15, 0.2) is 60.8 Å². The van der Waals surface area contributed by atoms with E-state index in [2.05, 4.69) is 15.7 Å². The van der Waals surface area contributed by atoms with Gasteiger partial charge in [0.2, 0.25) is 5.91 Å². The van der Waals surface area contributed by atoms with Gasteiger partial charge in [-0.2, -0.15) is 5.10 Å². The van der Waals surface area contributed by atoms with E-state index < -0.39 is 6.04 Å². The van der Waals surface area contributed by atoms with Gasteiger partial charge in [-0.05, 0) is 37.6 Å². The summed E-state index contributed by atoms with van der Waals surface area (Å²) in [7, 11) is 0. The zero-order valence-electron chi connectivity index (χ0n) is 15.6. The van der Waals surface area contributed by atoms with E-state index in [1.165, 1.54) is 6.20 Å². The van der Waals surface area contributed by atoms with Gasteiger partial charge in [-0.15, -0.1) is 0 Å². The van der Waals surface area contributed by atoms with Crippen molar-refractivity contribution in [2.75, 3.05) is 0 Å². The maximum absolute atomic E-state index is 12.6. The summed E-state index contributed by atoms with van der Waals surface area (Å²) in [5.74, 6) is -0.606. The molecule has 1 aromatic heterocycles. The number of nitrogens with zero attached hydrogens (tertiary/aromatic N) is 2. The first-order chi connectivity index (χ1) is 13.5. The standard InChI is InChI=1S/C21H21ClN4O2/c1-14(20(27)23-12-16-7-4-3-5-8-16)25-21(28)19-13-24-26(15(19)2)18-10-6-9-17(22)11-18/h3-11,13-14H,12H2,1-2H3,(H,23,27)(H,25,28). The van der Waals surface area contributed by atoms with E-state index in [0.717, 1.165) is 11.3 Å². The van der Waals surface area contributed by atoms with Crippen molar-refractivity contribution in [3.63, 3.8) is 0 Å². The third-order valence-corrected chi connectivity index (χ3v) is 4.59. The highest BCUT2D eigenvalue weighted by Crippen LogP contribution is 2.18. The Balaban J connectivity index is 1.63. The molecule has 6 nitrogen and oxygen atoms in total. The lowest BCUT2D eigenvalue weighted by molar-refractivity contribution is -0.122. The number of amides is 2. The summed E-state index contributed by atoms with van der Waals surface area (Å²) < 4.78 is 1.64. The molecule has 0 aliphatic rings. The third kappa shape index (κ3) is 4.58. The molecular weight excluding hydrogens is 376 g/mol. The topological polar surface area (TPSA) is 76.0 Å². The minimum atomic E-state index is -0.676. The number of rotatable bonds is 6. The molecule has 0 aliphatic heterocycles. The molecule has 1 unspecified atom stereocenters. The maximum atomic E-state index is 12.6. The lowest BCUT2D eigenvalue weighted by Crippen LogP contribution is -2.44. The van der Waals surface area contributed by atoms with Gasteiger partial charge in [0.05, 0.1) is 23.1 Å². The Hall–Kier alpha value is -3.12. The van der Waals surface area contributed by atoms with Crippen LogP contribution in [0.25, 0.3) is 5.69 Å². The Kier molecular flexibility index (Phi) is 6.11. The van der Waals surface area contributed by atoms with E-state index in [1.807, 2.05) is 42.5 Å². The number of benzene rings is 2. The van der Waals surface area contributed by atoms with E-state index in [-0.39, 0.29) is 11.8 Å². The van der Waals surface area contributed by atoms with Gasteiger partial charge in [0.1, 0.15) is 6.04 Å². The first-order valence-corrected chi connectivity index (χ1v) is 9.26. The first kappa shape index (κ1) is 19.6. The van der Waals surface area contributed by atoms with Crippen LogP contribution in [-0.2, 0) is 11.3 Å². The van der Waals surface area contributed by atoms with Gasteiger partial charge in [0, 0.05) is 11.6 Å².